The molecule has 1 amide bonds. The molecule has 8 nitrogen and oxygen atoms in total. The van der Waals surface area contributed by atoms with E-state index in [1.807, 2.05) is 0 Å². The van der Waals surface area contributed by atoms with E-state index >= 15 is 0 Å². The van der Waals surface area contributed by atoms with Gasteiger partial charge < -0.3 is 10.1 Å². The van der Waals surface area contributed by atoms with Crippen LogP contribution < -0.4 is 5.32 Å². The van der Waals surface area contributed by atoms with E-state index in [0.717, 1.165) is 0 Å². The van der Waals surface area contributed by atoms with Crippen LogP contribution in [0.3, 0.4) is 0 Å². The minimum atomic E-state index is -0.327. The molecule has 2 heterocycles. The van der Waals surface area contributed by atoms with Gasteiger partial charge in [0, 0.05) is 18.0 Å². The van der Waals surface area contributed by atoms with Crippen LogP contribution in [0, 0.1) is 0 Å². The van der Waals surface area contributed by atoms with Crippen LogP contribution in [0.1, 0.15) is 19.0 Å². The molecule has 0 aromatic carbocycles. The fourth-order valence-corrected chi connectivity index (χ4v) is 2.28. The van der Waals surface area contributed by atoms with Crippen molar-refractivity contribution in [1.29, 1.82) is 0 Å². The number of aromatic nitrogens is 4. The molecule has 0 spiro atoms. The first-order chi connectivity index (χ1) is 10.2. The van der Waals surface area contributed by atoms with E-state index in [1.54, 1.807) is 29.4 Å². The fourth-order valence-electron chi connectivity index (χ4n) is 1.56. The number of nitrogens with one attached hydrogen (secondary N) is 1. The summed E-state index contributed by atoms with van der Waals surface area (Å²) in [6.07, 6.45) is 3.63. The number of nitrogens with zero attached hydrogens (tertiary/aromatic N) is 4. The maximum atomic E-state index is 11.7. The lowest BCUT2D eigenvalue weighted by Gasteiger charge is -2.01. The molecule has 0 saturated carbocycles. The number of amides is 1. The average Bonchev–Trinajstić information content (AvgIpc) is 3.08. The van der Waals surface area contributed by atoms with Crippen LogP contribution in [-0.2, 0) is 27.3 Å². The normalized spacial score (nSPS) is 10.3. The molecule has 0 radical (unpaired) electrons. The first-order valence-corrected chi connectivity index (χ1v) is 7.29. The third kappa shape index (κ3) is 4.95. The molecule has 21 heavy (non-hydrogen) atoms. The first-order valence-electron chi connectivity index (χ1n) is 6.41. The molecule has 0 aliphatic carbocycles. The van der Waals surface area contributed by atoms with Gasteiger partial charge in [0.05, 0.1) is 31.5 Å². The first kappa shape index (κ1) is 15.1. The summed E-state index contributed by atoms with van der Waals surface area (Å²) < 4.78 is 6.42. The van der Waals surface area contributed by atoms with Crippen molar-refractivity contribution in [2.24, 2.45) is 0 Å². The monoisotopic (exact) mass is 309 g/mol. The van der Waals surface area contributed by atoms with Gasteiger partial charge >= 0.3 is 5.97 Å². The molecule has 2 rings (SSSR count). The van der Waals surface area contributed by atoms with Gasteiger partial charge in [-0.05, 0) is 6.92 Å². The van der Waals surface area contributed by atoms with Crippen LogP contribution >= 0.6 is 11.3 Å². The Morgan fingerprint density at radius 2 is 2.33 bits per heavy atom. The largest absolute Gasteiger partial charge is 0.466 e. The lowest BCUT2D eigenvalue weighted by molar-refractivity contribution is -0.142. The van der Waals surface area contributed by atoms with Gasteiger partial charge in [0.15, 0.2) is 5.13 Å². The fraction of sp³-hybridized carbons (Fsp3) is 0.417. The van der Waals surface area contributed by atoms with Crippen molar-refractivity contribution in [1.82, 2.24) is 20.0 Å². The maximum absolute atomic E-state index is 11.7. The number of thiazole rings is 1. The molecule has 0 fully saturated rings. The number of anilines is 1. The van der Waals surface area contributed by atoms with Crippen molar-refractivity contribution in [2.75, 3.05) is 11.9 Å². The Morgan fingerprint density at radius 3 is 3.05 bits per heavy atom. The smallest absolute Gasteiger partial charge is 0.311 e. The molecule has 0 aliphatic rings. The number of hydrogen-bond acceptors (Lipinski definition) is 7. The zero-order chi connectivity index (χ0) is 15.1. The van der Waals surface area contributed by atoms with Gasteiger partial charge in [0.25, 0.3) is 0 Å². The lowest BCUT2D eigenvalue weighted by Crippen LogP contribution is -2.15. The second-order valence-electron chi connectivity index (χ2n) is 4.09. The minimum absolute atomic E-state index is 0.110. The summed E-state index contributed by atoms with van der Waals surface area (Å²) in [6, 6.07) is 0. The van der Waals surface area contributed by atoms with Crippen molar-refractivity contribution >= 4 is 28.3 Å². The van der Waals surface area contributed by atoms with E-state index in [0.29, 0.717) is 24.0 Å². The Bertz CT molecular complexity index is 596. The Hall–Kier alpha value is -2.29. The summed E-state index contributed by atoms with van der Waals surface area (Å²) >= 11 is 1.28. The average molecular weight is 309 g/mol. The third-order valence-electron chi connectivity index (χ3n) is 2.47. The molecule has 0 bridgehead atoms. The number of esters is 1. The van der Waals surface area contributed by atoms with Crippen molar-refractivity contribution in [2.45, 2.75) is 26.3 Å². The maximum Gasteiger partial charge on any atom is 0.311 e. The highest BCUT2D eigenvalue weighted by molar-refractivity contribution is 7.13. The molecule has 2 aromatic rings. The minimum Gasteiger partial charge on any atom is -0.466 e. The second-order valence-corrected chi connectivity index (χ2v) is 4.95. The SMILES string of the molecule is CCOC(=O)Cc1csc(NC(=O)CCn2ccnn2)n1. The number of ether oxygens (including phenoxy) is 1. The summed E-state index contributed by atoms with van der Waals surface area (Å²) in [5, 5.41) is 12.3. The van der Waals surface area contributed by atoms with Gasteiger partial charge in [-0.25, -0.2) is 4.98 Å². The zero-order valence-electron chi connectivity index (χ0n) is 11.5. The topological polar surface area (TPSA) is 99.0 Å². The van der Waals surface area contributed by atoms with Crippen LogP contribution in [0.15, 0.2) is 17.8 Å². The second kappa shape index (κ2) is 7.48. The van der Waals surface area contributed by atoms with Crippen molar-refractivity contribution in [3.63, 3.8) is 0 Å². The Kier molecular flexibility index (Phi) is 5.38. The standard InChI is InChI=1S/C12H15N5O3S/c1-2-20-11(19)7-9-8-21-12(14-9)15-10(18)3-5-17-6-4-13-16-17/h4,6,8H,2-3,5,7H2,1H3,(H,14,15,18). The number of aryl methyl sites for hydroxylation is 1. The highest BCUT2D eigenvalue weighted by atomic mass is 32.1. The van der Waals surface area contributed by atoms with Gasteiger partial charge in [-0.3, -0.25) is 14.3 Å². The van der Waals surface area contributed by atoms with Crippen LogP contribution in [0.4, 0.5) is 5.13 Å². The van der Waals surface area contributed by atoms with Gasteiger partial charge in [0.1, 0.15) is 0 Å². The van der Waals surface area contributed by atoms with Crippen LogP contribution in [0.2, 0.25) is 0 Å². The van der Waals surface area contributed by atoms with Crippen LogP contribution in [-0.4, -0.2) is 38.5 Å². The van der Waals surface area contributed by atoms with Gasteiger partial charge in [-0.2, -0.15) is 0 Å². The van der Waals surface area contributed by atoms with Gasteiger partial charge in [0.2, 0.25) is 5.91 Å². The number of carbonyl (C=O) groups is 2. The van der Waals surface area contributed by atoms with Gasteiger partial charge in [-0.1, -0.05) is 5.21 Å². The quantitative estimate of drug-likeness (QED) is 0.762. The van der Waals surface area contributed by atoms with E-state index in [9.17, 15) is 9.59 Å². The third-order valence-corrected chi connectivity index (χ3v) is 3.28. The molecular formula is C12H15N5O3S. The molecule has 112 valence electrons. The Morgan fingerprint density at radius 1 is 1.48 bits per heavy atom. The summed E-state index contributed by atoms with van der Waals surface area (Å²) in [5.41, 5.74) is 0.588. The highest BCUT2D eigenvalue weighted by Gasteiger charge is 2.10. The van der Waals surface area contributed by atoms with Crippen molar-refractivity contribution < 1.29 is 14.3 Å². The van der Waals surface area contributed by atoms with Gasteiger partial charge in [-0.15, -0.1) is 16.4 Å². The Labute approximate surface area is 125 Å². The predicted molar refractivity (Wildman–Crippen MR) is 75.7 cm³/mol. The molecular weight excluding hydrogens is 294 g/mol. The molecule has 0 unspecified atom stereocenters. The number of hydrogen-bond donors (Lipinski definition) is 1. The molecule has 0 atom stereocenters. The van der Waals surface area contributed by atoms with E-state index in [2.05, 4.69) is 20.6 Å². The molecule has 0 saturated heterocycles. The molecule has 9 heteroatoms. The number of carbonyl (C=O) groups excluding carboxylic acids is 2. The van der Waals surface area contributed by atoms with Crippen LogP contribution in [0.25, 0.3) is 0 Å². The van der Waals surface area contributed by atoms with E-state index in [-0.39, 0.29) is 24.7 Å². The summed E-state index contributed by atoms with van der Waals surface area (Å²) in [5.74, 6) is -0.491. The van der Waals surface area contributed by atoms with E-state index in [4.69, 9.17) is 4.74 Å². The van der Waals surface area contributed by atoms with E-state index < -0.39 is 0 Å². The highest BCUT2D eigenvalue weighted by Crippen LogP contribution is 2.16. The van der Waals surface area contributed by atoms with Crippen molar-refractivity contribution in [3.8, 4) is 0 Å². The molecule has 0 aliphatic heterocycles. The lowest BCUT2D eigenvalue weighted by atomic mass is 10.3. The zero-order valence-corrected chi connectivity index (χ0v) is 12.3. The summed E-state index contributed by atoms with van der Waals surface area (Å²) in [4.78, 5) is 27.2. The Balaban J connectivity index is 1.78. The number of rotatable bonds is 7. The molecule has 2 aromatic heterocycles. The molecule has 1 N–H and O–H groups in total. The van der Waals surface area contributed by atoms with Crippen LogP contribution in [0.5, 0.6) is 0 Å². The summed E-state index contributed by atoms with van der Waals surface area (Å²) in [7, 11) is 0. The van der Waals surface area contributed by atoms with Crippen molar-refractivity contribution in [3.05, 3.63) is 23.5 Å². The van der Waals surface area contributed by atoms with E-state index in [1.165, 1.54) is 11.3 Å². The predicted octanol–water partition coefficient (Wildman–Crippen LogP) is 0.869. The summed E-state index contributed by atoms with van der Waals surface area (Å²) in [6.45, 7) is 2.54.